The molecule has 1 aromatic carbocycles. The lowest BCUT2D eigenvalue weighted by Gasteiger charge is -2.38. The van der Waals surface area contributed by atoms with Crippen LogP contribution in [0.3, 0.4) is 0 Å². The number of amides is 1. The molecule has 108 valence electrons. The summed E-state index contributed by atoms with van der Waals surface area (Å²) in [5, 5.41) is 0. The molecule has 1 aliphatic carbocycles. The highest BCUT2D eigenvalue weighted by Crippen LogP contribution is 2.43. The summed E-state index contributed by atoms with van der Waals surface area (Å²) in [4.78, 5) is 14.6. The zero-order valence-electron chi connectivity index (χ0n) is 12.5. The molecule has 3 rings (SSSR count). The van der Waals surface area contributed by atoms with Gasteiger partial charge < -0.3 is 4.90 Å². The number of rotatable bonds is 0. The van der Waals surface area contributed by atoms with Crippen LogP contribution in [0, 0.1) is 5.92 Å². The van der Waals surface area contributed by atoms with E-state index in [1.807, 2.05) is 18.0 Å². The largest absolute Gasteiger partial charge is 0.315 e. The second kappa shape index (κ2) is 5.99. The van der Waals surface area contributed by atoms with Gasteiger partial charge in [0.1, 0.15) is 0 Å². The molecule has 1 fully saturated rings. The van der Waals surface area contributed by atoms with Gasteiger partial charge in [0.2, 0.25) is 5.91 Å². The molecule has 0 spiro atoms. The molecule has 0 saturated heterocycles. The van der Waals surface area contributed by atoms with Crippen LogP contribution in [0.4, 0.5) is 5.69 Å². The van der Waals surface area contributed by atoms with Gasteiger partial charge in [-0.3, -0.25) is 4.79 Å². The minimum atomic E-state index is 0.216. The number of carbonyl (C=O) groups is 1. The molecule has 1 amide bonds. The van der Waals surface area contributed by atoms with Crippen LogP contribution in [0.1, 0.15) is 62.8 Å². The molecular formula is C18H25NO. The fourth-order valence-corrected chi connectivity index (χ4v) is 3.98. The third-order valence-electron chi connectivity index (χ3n) is 5.11. The lowest BCUT2D eigenvalue weighted by molar-refractivity contribution is -0.123. The zero-order chi connectivity index (χ0) is 13.9. The fraction of sp³-hybridized carbons (Fsp3) is 0.611. The molecule has 0 bridgehead atoms. The van der Waals surface area contributed by atoms with Crippen LogP contribution in [-0.2, 0) is 4.79 Å². The number of nitrogens with zero attached hydrogens (tertiary/aromatic N) is 1. The van der Waals surface area contributed by atoms with Crippen molar-refractivity contribution < 1.29 is 4.79 Å². The Morgan fingerprint density at radius 1 is 0.900 bits per heavy atom. The predicted octanol–water partition coefficient (Wildman–Crippen LogP) is 4.50. The van der Waals surface area contributed by atoms with Crippen LogP contribution in [0.2, 0.25) is 0 Å². The fourth-order valence-electron chi connectivity index (χ4n) is 3.98. The molecule has 0 aromatic heterocycles. The number of anilines is 1. The van der Waals surface area contributed by atoms with Crippen LogP contribution < -0.4 is 4.90 Å². The van der Waals surface area contributed by atoms with E-state index in [1.54, 1.807) is 0 Å². The average Bonchev–Trinajstić information content (AvgIpc) is 2.49. The van der Waals surface area contributed by atoms with Gasteiger partial charge in [-0.2, -0.15) is 0 Å². The summed E-state index contributed by atoms with van der Waals surface area (Å²) in [6.07, 6.45) is 10.1. The van der Waals surface area contributed by atoms with Crippen LogP contribution in [0.5, 0.6) is 0 Å². The molecule has 2 atom stereocenters. The number of para-hydroxylation sites is 1. The van der Waals surface area contributed by atoms with Crippen molar-refractivity contribution in [3.8, 4) is 0 Å². The van der Waals surface area contributed by atoms with E-state index in [0.717, 1.165) is 12.1 Å². The maximum Gasteiger partial charge on any atom is 0.230 e. The lowest BCUT2D eigenvalue weighted by atomic mass is 9.75. The number of hydrogen-bond donors (Lipinski definition) is 0. The first-order valence-electron chi connectivity index (χ1n) is 8.15. The molecular weight excluding hydrogens is 246 g/mol. The van der Waals surface area contributed by atoms with Crippen molar-refractivity contribution >= 4 is 11.6 Å². The van der Waals surface area contributed by atoms with Gasteiger partial charge in [0.15, 0.2) is 0 Å². The summed E-state index contributed by atoms with van der Waals surface area (Å²) in [6.45, 7) is 0. The van der Waals surface area contributed by atoms with Gasteiger partial charge in [0, 0.05) is 18.7 Å². The lowest BCUT2D eigenvalue weighted by Crippen LogP contribution is -2.41. The maximum absolute atomic E-state index is 12.7. The third kappa shape index (κ3) is 2.48. The van der Waals surface area contributed by atoms with Crippen LogP contribution in [0.25, 0.3) is 0 Å². The van der Waals surface area contributed by atoms with Crippen LogP contribution in [0.15, 0.2) is 24.3 Å². The van der Waals surface area contributed by atoms with Crippen molar-refractivity contribution in [1.29, 1.82) is 0 Å². The van der Waals surface area contributed by atoms with E-state index in [9.17, 15) is 4.79 Å². The summed E-state index contributed by atoms with van der Waals surface area (Å²) >= 11 is 0. The van der Waals surface area contributed by atoms with Gasteiger partial charge in [-0.25, -0.2) is 0 Å². The predicted molar refractivity (Wildman–Crippen MR) is 83.0 cm³/mol. The van der Waals surface area contributed by atoms with Gasteiger partial charge in [0.05, 0.1) is 0 Å². The highest BCUT2D eigenvalue weighted by molar-refractivity contribution is 5.98. The molecule has 1 aliphatic heterocycles. The van der Waals surface area contributed by atoms with Crippen molar-refractivity contribution in [2.75, 3.05) is 11.9 Å². The molecule has 0 N–H and O–H groups in total. The van der Waals surface area contributed by atoms with E-state index in [0.29, 0.717) is 11.8 Å². The molecule has 0 radical (unpaired) electrons. The van der Waals surface area contributed by atoms with Crippen molar-refractivity contribution in [3.05, 3.63) is 29.8 Å². The summed E-state index contributed by atoms with van der Waals surface area (Å²) < 4.78 is 0. The highest BCUT2D eigenvalue weighted by atomic mass is 16.2. The van der Waals surface area contributed by atoms with Crippen molar-refractivity contribution in [2.24, 2.45) is 5.92 Å². The maximum atomic E-state index is 12.7. The molecule has 1 heterocycles. The van der Waals surface area contributed by atoms with Crippen LogP contribution >= 0.6 is 0 Å². The molecule has 2 nitrogen and oxygen atoms in total. The van der Waals surface area contributed by atoms with Gasteiger partial charge in [0.25, 0.3) is 0 Å². The first-order chi connectivity index (χ1) is 9.79. The summed E-state index contributed by atoms with van der Waals surface area (Å²) in [5.41, 5.74) is 2.54. The molecule has 1 aromatic rings. The Bertz CT molecular complexity index is 482. The van der Waals surface area contributed by atoms with Gasteiger partial charge in [-0.05, 0) is 30.4 Å². The second-order valence-electron chi connectivity index (χ2n) is 6.37. The first-order valence-corrected chi connectivity index (χ1v) is 8.15. The minimum Gasteiger partial charge on any atom is -0.315 e. The van der Waals surface area contributed by atoms with E-state index in [1.165, 1.54) is 50.5 Å². The smallest absolute Gasteiger partial charge is 0.230 e. The summed E-state index contributed by atoms with van der Waals surface area (Å²) in [7, 11) is 1.94. The zero-order valence-corrected chi connectivity index (χ0v) is 12.5. The number of fused-ring (bicyclic) bond motifs is 3. The van der Waals surface area contributed by atoms with Gasteiger partial charge in [-0.15, -0.1) is 0 Å². The Kier molecular flexibility index (Phi) is 4.09. The van der Waals surface area contributed by atoms with E-state index in [2.05, 4.69) is 18.2 Å². The molecule has 2 heteroatoms. The monoisotopic (exact) mass is 271 g/mol. The Morgan fingerprint density at radius 2 is 1.50 bits per heavy atom. The van der Waals surface area contributed by atoms with E-state index in [-0.39, 0.29) is 5.92 Å². The van der Waals surface area contributed by atoms with Crippen molar-refractivity contribution in [2.45, 2.75) is 57.3 Å². The standard InChI is InChI=1S/C18H25NO/c1-19-17-13-9-8-11-15(17)14-10-6-4-2-3-5-7-12-16(14)18(19)20/h8-9,11,13-14,16H,2-7,10,12H2,1H3. The Balaban J connectivity index is 1.94. The van der Waals surface area contributed by atoms with Crippen molar-refractivity contribution in [3.63, 3.8) is 0 Å². The Labute approximate surface area is 122 Å². The van der Waals surface area contributed by atoms with Gasteiger partial charge in [-0.1, -0.05) is 56.7 Å². The summed E-state index contributed by atoms with van der Waals surface area (Å²) in [6, 6.07) is 8.51. The normalized spacial score (nSPS) is 27.6. The first kappa shape index (κ1) is 13.7. The number of carbonyl (C=O) groups excluding carboxylic acids is 1. The van der Waals surface area contributed by atoms with E-state index < -0.39 is 0 Å². The topological polar surface area (TPSA) is 20.3 Å². The molecule has 20 heavy (non-hydrogen) atoms. The SMILES string of the molecule is CN1C(=O)C2CCCCCCCCC2c2ccccc21. The second-order valence-corrected chi connectivity index (χ2v) is 6.37. The third-order valence-corrected chi connectivity index (χ3v) is 5.11. The van der Waals surface area contributed by atoms with Crippen LogP contribution in [-0.4, -0.2) is 13.0 Å². The van der Waals surface area contributed by atoms with E-state index >= 15 is 0 Å². The quantitative estimate of drug-likeness (QED) is 0.680. The Hall–Kier alpha value is -1.31. The molecule has 2 aliphatic rings. The number of benzene rings is 1. The van der Waals surface area contributed by atoms with E-state index in [4.69, 9.17) is 0 Å². The van der Waals surface area contributed by atoms with Crippen molar-refractivity contribution in [1.82, 2.24) is 0 Å². The molecule has 2 unspecified atom stereocenters. The van der Waals surface area contributed by atoms with Gasteiger partial charge >= 0.3 is 0 Å². The Morgan fingerprint density at radius 3 is 2.25 bits per heavy atom. The number of hydrogen-bond acceptors (Lipinski definition) is 1. The summed E-state index contributed by atoms with van der Waals surface area (Å²) in [5.74, 6) is 1.01. The average molecular weight is 271 g/mol. The molecule has 1 saturated carbocycles. The highest BCUT2D eigenvalue weighted by Gasteiger charge is 2.37. The minimum absolute atomic E-state index is 0.216.